The fourth-order valence-electron chi connectivity index (χ4n) is 3.64. The average Bonchev–Trinajstić information content (AvgIpc) is 2.89. The molecule has 0 aliphatic carbocycles. The molecule has 8 heteroatoms. The van der Waals surface area contributed by atoms with Gasteiger partial charge in [0.05, 0.1) is 32.1 Å². The number of aryl methyl sites for hydroxylation is 1. The van der Waals surface area contributed by atoms with E-state index in [4.69, 9.17) is 9.47 Å². The maximum absolute atomic E-state index is 12.5. The van der Waals surface area contributed by atoms with Gasteiger partial charge in [-0.15, -0.1) is 0 Å². The second-order valence-electron chi connectivity index (χ2n) is 8.52. The lowest BCUT2D eigenvalue weighted by Gasteiger charge is -2.23. The highest BCUT2D eigenvalue weighted by Crippen LogP contribution is 2.22. The van der Waals surface area contributed by atoms with Gasteiger partial charge in [-0.25, -0.2) is 8.42 Å². The van der Waals surface area contributed by atoms with Gasteiger partial charge in [-0.2, -0.15) is 0 Å². The topological polar surface area (TPSA) is 84.9 Å². The van der Waals surface area contributed by atoms with E-state index in [2.05, 4.69) is 12.2 Å². The number of anilines is 1. The van der Waals surface area contributed by atoms with Crippen molar-refractivity contribution in [2.45, 2.75) is 32.7 Å². The molecule has 0 heterocycles. The van der Waals surface area contributed by atoms with Gasteiger partial charge in [-0.1, -0.05) is 37.6 Å². The molecular formula is C28H34N2O5S. The van der Waals surface area contributed by atoms with Gasteiger partial charge >= 0.3 is 0 Å². The predicted molar refractivity (Wildman–Crippen MR) is 143 cm³/mol. The molecule has 1 N–H and O–H groups in total. The van der Waals surface area contributed by atoms with Crippen LogP contribution < -0.4 is 19.1 Å². The number of sulfonamides is 1. The zero-order valence-corrected chi connectivity index (χ0v) is 21.9. The summed E-state index contributed by atoms with van der Waals surface area (Å²) >= 11 is 0. The Bertz CT molecular complexity index is 1210. The van der Waals surface area contributed by atoms with Crippen LogP contribution >= 0.6 is 0 Å². The number of unbranched alkanes of at least 4 members (excludes halogenated alkanes) is 1. The third-order valence-electron chi connectivity index (χ3n) is 5.70. The van der Waals surface area contributed by atoms with Crippen LogP contribution in [0.3, 0.4) is 0 Å². The van der Waals surface area contributed by atoms with Gasteiger partial charge < -0.3 is 14.8 Å². The quantitative estimate of drug-likeness (QED) is 0.334. The molecule has 0 unspecified atom stereocenters. The van der Waals surface area contributed by atoms with Gasteiger partial charge in [0.2, 0.25) is 10.0 Å². The van der Waals surface area contributed by atoms with E-state index in [0.717, 1.165) is 30.6 Å². The maximum Gasteiger partial charge on any atom is 0.251 e. The summed E-state index contributed by atoms with van der Waals surface area (Å²) in [5.74, 6) is 1.22. The Labute approximate surface area is 214 Å². The molecule has 36 heavy (non-hydrogen) atoms. The predicted octanol–water partition coefficient (Wildman–Crippen LogP) is 4.81. The van der Waals surface area contributed by atoms with Crippen molar-refractivity contribution in [2.75, 3.05) is 30.8 Å². The molecule has 3 aromatic carbocycles. The third-order valence-corrected chi connectivity index (χ3v) is 6.84. The van der Waals surface area contributed by atoms with Crippen molar-refractivity contribution >= 4 is 21.6 Å². The van der Waals surface area contributed by atoms with E-state index in [1.165, 1.54) is 16.1 Å². The van der Waals surface area contributed by atoms with E-state index in [0.29, 0.717) is 30.2 Å². The first-order valence-corrected chi connectivity index (χ1v) is 13.9. The molecule has 1 amide bonds. The molecule has 0 saturated heterocycles. The van der Waals surface area contributed by atoms with Crippen molar-refractivity contribution in [2.24, 2.45) is 0 Å². The van der Waals surface area contributed by atoms with Gasteiger partial charge in [0.25, 0.3) is 5.91 Å². The Morgan fingerprint density at radius 1 is 0.889 bits per heavy atom. The number of hydrogen-bond donors (Lipinski definition) is 1. The number of rotatable bonds is 13. The summed E-state index contributed by atoms with van der Waals surface area (Å²) in [6.45, 7) is 3.01. The second kappa shape index (κ2) is 13.0. The Hall–Kier alpha value is -3.52. The van der Waals surface area contributed by atoms with E-state index >= 15 is 0 Å². The van der Waals surface area contributed by atoms with Crippen molar-refractivity contribution in [1.82, 2.24) is 5.32 Å². The summed E-state index contributed by atoms with van der Waals surface area (Å²) < 4.78 is 37.1. The molecule has 0 aromatic heterocycles. The highest BCUT2D eigenvalue weighted by molar-refractivity contribution is 7.92. The summed E-state index contributed by atoms with van der Waals surface area (Å²) in [6.07, 6.45) is 4.40. The minimum Gasteiger partial charge on any atom is -0.497 e. The minimum absolute atomic E-state index is 0.185. The normalized spacial score (nSPS) is 11.1. The third kappa shape index (κ3) is 8.02. The molecule has 192 valence electrons. The highest BCUT2D eigenvalue weighted by Gasteiger charge is 2.18. The van der Waals surface area contributed by atoms with Gasteiger partial charge in [-0.3, -0.25) is 9.10 Å². The molecular weight excluding hydrogens is 476 g/mol. The van der Waals surface area contributed by atoms with Crippen LogP contribution in [-0.4, -0.2) is 40.8 Å². The molecule has 0 fully saturated rings. The van der Waals surface area contributed by atoms with Crippen molar-refractivity contribution in [3.05, 3.63) is 89.5 Å². The van der Waals surface area contributed by atoms with Crippen LogP contribution in [-0.2, 0) is 23.0 Å². The van der Waals surface area contributed by atoms with E-state index in [1.807, 2.05) is 36.4 Å². The fraction of sp³-hybridized carbons (Fsp3) is 0.321. The Morgan fingerprint density at radius 3 is 2.08 bits per heavy atom. The maximum atomic E-state index is 12.5. The molecule has 0 radical (unpaired) electrons. The summed E-state index contributed by atoms with van der Waals surface area (Å²) in [5.41, 5.74) is 3.10. The lowest BCUT2D eigenvalue weighted by Crippen LogP contribution is -2.29. The van der Waals surface area contributed by atoms with E-state index < -0.39 is 10.0 Å². The summed E-state index contributed by atoms with van der Waals surface area (Å²) in [6, 6.07) is 21.8. The second-order valence-corrected chi connectivity index (χ2v) is 10.4. The van der Waals surface area contributed by atoms with Crippen molar-refractivity contribution in [3.8, 4) is 11.5 Å². The minimum atomic E-state index is -3.48. The lowest BCUT2D eigenvalue weighted by atomic mass is 10.1. The van der Waals surface area contributed by atoms with Crippen LogP contribution in [0.15, 0.2) is 72.8 Å². The van der Waals surface area contributed by atoms with Gasteiger partial charge in [0, 0.05) is 5.56 Å². The number of carbonyl (C=O) groups excluding carboxylic acids is 1. The summed E-state index contributed by atoms with van der Waals surface area (Å²) in [4.78, 5) is 12.5. The Kier molecular flexibility index (Phi) is 9.76. The van der Waals surface area contributed by atoms with Crippen LogP contribution in [0.2, 0.25) is 0 Å². The van der Waals surface area contributed by atoms with E-state index in [9.17, 15) is 13.2 Å². The number of nitrogens with zero attached hydrogens (tertiary/aromatic N) is 1. The van der Waals surface area contributed by atoms with Gasteiger partial charge in [-0.05, 0) is 72.5 Å². The number of methoxy groups -OCH3 is 1. The number of amides is 1. The standard InChI is InChI=1S/C28H34N2O5S/c1-4-5-6-22-9-13-25(14-10-22)30(36(3,32)33)21-23-7-11-24(12-8-23)28(31)29-19-20-35-27-17-15-26(34-2)16-18-27/h7-18H,4-6,19-21H2,1-3H3,(H,29,31). The number of benzene rings is 3. The van der Waals surface area contributed by atoms with Crippen molar-refractivity contribution in [3.63, 3.8) is 0 Å². The zero-order chi connectivity index (χ0) is 26.0. The molecule has 3 rings (SSSR count). The molecule has 0 aliphatic heterocycles. The zero-order valence-electron chi connectivity index (χ0n) is 21.1. The van der Waals surface area contributed by atoms with Gasteiger partial charge in [0.15, 0.2) is 0 Å². The first kappa shape index (κ1) is 27.1. The van der Waals surface area contributed by atoms with Crippen LogP contribution in [0, 0.1) is 0 Å². The molecule has 0 spiro atoms. The van der Waals surface area contributed by atoms with Crippen molar-refractivity contribution in [1.29, 1.82) is 0 Å². The number of hydrogen-bond acceptors (Lipinski definition) is 5. The number of carbonyl (C=O) groups is 1. The average molecular weight is 511 g/mol. The summed E-state index contributed by atoms with van der Waals surface area (Å²) in [5, 5.41) is 2.83. The van der Waals surface area contributed by atoms with E-state index in [-0.39, 0.29) is 12.5 Å². The fourth-order valence-corrected chi connectivity index (χ4v) is 4.53. The lowest BCUT2D eigenvalue weighted by molar-refractivity contribution is 0.0947. The highest BCUT2D eigenvalue weighted by atomic mass is 32.2. The largest absolute Gasteiger partial charge is 0.497 e. The molecule has 0 bridgehead atoms. The van der Waals surface area contributed by atoms with Gasteiger partial charge in [0.1, 0.15) is 18.1 Å². The Balaban J connectivity index is 1.55. The smallest absolute Gasteiger partial charge is 0.251 e. The number of nitrogens with one attached hydrogen (secondary N) is 1. The molecule has 0 aliphatic rings. The molecule has 7 nitrogen and oxygen atoms in total. The first-order chi connectivity index (χ1) is 17.3. The molecule has 0 saturated carbocycles. The molecule has 3 aromatic rings. The van der Waals surface area contributed by atoms with Crippen molar-refractivity contribution < 1.29 is 22.7 Å². The van der Waals surface area contributed by atoms with Crippen LogP contribution in [0.5, 0.6) is 11.5 Å². The number of ether oxygens (including phenoxy) is 2. The van der Waals surface area contributed by atoms with Crippen LogP contribution in [0.1, 0.15) is 41.3 Å². The van der Waals surface area contributed by atoms with Crippen LogP contribution in [0.25, 0.3) is 0 Å². The monoisotopic (exact) mass is 510 g/mol. The van der Waals surface area contributed by atoms with E-state index in [1.54, 1.807) is 43.5 Å². The Morgan fingerprint density at radius 2 is 1.50 bits per heavy atom. The summed E-state index contributed by atoms with van der Waals surface area (Å²) in [7, 11) is -1.88. The first-order valence-electron chi connectivity index (χ1n) is 12.0. The van der Waals surface area contributed by atoms with Crippen LogP contribution in [0.4, 0.5) is 5.69 Å². The SMILES string of the molecule is CCCCc1ccc(N(Cc2ccc(C(=O)NCCOc3ccc(OC)cc3)cc2)S(C)(=O)=O)cc1. The molecule has 0 atom stereocenters.